The highest BCUT2D eigenvalue weighted by molar-refractivity contribution is 14.0. The first kappa shape index (κ1) is 19.5. The average Bonchev–Trinajstić information content (AvgIpc) is 3.37. The second-order valence-electron chi connectivity index (χ2n) is 7.10. The van der Waals surface area contributed by atoms with Gasteiger partial charge < -0.3 is 10.6 Å². The summed E-state index contributed by atoms with van der Waals surface area (Å²) in [5.74, 6) is 1.75. The summed E-state index contributed by atoms with van der Waals surface area (Å²) in [6, 6.07) is 9.43. The number of piperidine rings is 1. The summed E-state index contributed by atoms with van der Waals surface area (Å²) in [5, 5.41) is 6.91. The van der Waals surface area contributed by atoms with Crippen LogP contribution in [0.15, 0.2) is 29.3 Å². The van der Waals surface area contributed by atoms with E-state index in [1.807, 2.05) is 7.05 Å². The van der Waals surface area contributed by atoms with Crippen molar-refractivity contribution in [1.82, 2.24) is 15.5 Å². The lowest BCUT2D eigenvalue weighted by atomic mass is 9.99. The van der Waals surface area contributed by atoms with Gasteiger partial charge in [-0.1, -0.05) is 31.2 Å². The first-order valence-electron chi connectivity index (χ1n) is 9.01. The van der Waals surface area contributed by atoms with Crippen molar-refractivity contribution in [2.75, 3.05) is 20.1 Å². The van der Waals surface area contributed by atoms with Crippen LogP contribution in [0.4, 0.5) is 0 Å². The van der Waals surface area contributed by atoms with Gasteiger partial charge in [-0.15, -0.1) is 24.0 Å². The Morgan fingerprint density at radius 1 is 1.21 bits per heavy atom. The molecule has 1 aromatic carbocycles. The number of nitrogens with one attached hydrogen (secondary N) is 2. The molecular weight excluding hydrogens is 411 g/mol. The molecule has 1 heterocycles. The third-order valence-corrected chi connectivity index (χ3v) is 4.84. The van der Waals surface area contributed by atoms with Crippen LogP contribution in [-0.2, 0) is 13.1 Å². The predicted octanol–water partition coefficient (Wildman–Crippen LogP) is 3.36. The van der Waals surface area contributed by atoms with Crippen LogP contribution in [0.3, 0.4) is 0 Å². The molecule has 1 saturated heterocycles. The number of nitrogens with zero attached hydrogens (tertiary/aromatic N) is 2. The van der Waals surface area contributed by atoms with Gasteiger partial charge in [-0.3, -0.25) is 9.89 Å². The largest absolute Gasteiger partial charge is 0.354 e. The number of benzene rings is 1. The summed E-state index contributed by atoms with van der Waals surface area (Å²) in [7, 11) is 1.85. The van der Waals surface area contributed by atoms with Gasteiger partial charge in [0.2, 0.25) is 0 Å². The van der Waals surface area contributed by atoms with Crippen molar-refractivity contribution in [2.24, 2.45) is 10.9 Å². The zero-order valence-electron chi connectivity index (χ0n) is 14.9. The second kappa shape index (κ2) is 9.61. The second-order valence-corrected chi connectivity index (χ2v) is 7.10. The van der Waals surface area contributed by atoms with E-state index < -0.39 is 0 Å². The van der Waals surface area contributed by atoms with E-state index in [0.717, 1.165) is 25.0 Å². The van der Waals surface area contributed by atoms with E-state index >= 15 is 0 Å². The van der Waals surface area contributed by atoms with Crippen molar-refractivity contribution in [1.29, 1.82) is 0 Å². The highest BCUT2D eigenvalue weighted by Gasteiger charge is 2.22. The van der Waals surface area contributed by atoms with Crippen LogP contribution in [0.2, 0.25) is 0 Å². The molecule has 0 bridgehead atoms. The zero-order valence-corrected chi connectivity index (χ0v) is 17.3. The normalized spacial score (nSPS) is 21.9. The molecule has 4 nitrogen and oxygen atoms in total. The third-order valence-electron chi connectivity index (χ3n) is 4.84. The van der Waals surface area contributed by atoms with Crippen molar-refractivity contribution in [3.63, 3.8) is 0 Å². The van der Waals surface area contributed by atoms with Gasteiger partial charge in [-0.2, -0.15) is 0 Å². The molecule has 2 fully saturated rings. The van der Waals surface area contributed by atoms with Gasteiger partial charge in [-0.05, 0) is 49.3 Å². The highest BCUT2D eigenvalue weighted by Crippen LogP contribution is 2.20. The maximum Gasteiger partial charge on any atom is 0.191 e. The maximum atomic E-state index is 4.32. The monoisotopic (exact) mass is 442 g/mol. The first-order valence-corrected chi connectivity index (χ1v) is 9.01. The minimum atomic E-state index is 0. The maximum absolute atomic E-state index is 4.32. The Balaban J connectivity index is 0.00000208. The van der Waals surface area contributed by atoms with Crippen LogP contribution < -0.4 is 10.6 Å². The number of guanidine groups is 1. The summed E-state index contributed by atoms with van der Waals surface area (Å²) in [4.78, 5) is 6.92. The zero-order chi connectivity index (χ0) is 16.1. The van der Waals surface area contributed by atoms with Gasteiger partial charge >= 0.3 is 0 Å². The molecule has 2 aliphatic rings. The van der Waals surface area contributed by atoms with Gasteiger partial charge in [0.1, 0.15) is 0 Å². The van der Waals surface area contributed by atoms with E-state index in [-0.39, 0.29) is 24.0 Å². The summed E-state index contributed by atoms with van der Waals surface area (Å²) < 4.78 is 0. The van der Waals surface area contributed by atoms with Gasteiger partial charge in [-0.25, -0.2) is 0 Å². The summed E-state index contributed by atoms with van der Waals surface area (Å²) in [5.41, 5.74) is 2.82. The molecule has 5 heteroatoms. The molecule has 2 N–H and O–H groups in total. The van der Waals surface area contributed by atoms with Gasteiger partial charge in [0.25, 0.3) is 0 Å². The topological polar surface area (TPSA) is 39.7 Å². The van der Waals surface area contributed by atoms with Crippen LogP contribution in [-0.4, -0.2) is 37.0 Å². The highest BCUT2D eigenvalue weighted by atomic mass is 127. The fourth-order valence-corrected chi connectivity index (χ4v) is 3.35. The standard InChI is InChI=1S/C19H30N4.HI/c1-15-6-5-11-23(13-15)14-17-8-4-3-7-16(17)12-21-19(20-2)22-18-9-10-18;/h3-4,7-8,15,18H,5-6,9-14H2,1-2H3,(H2,20,21,22);1H. The number of hydrogen-bond acceptors (Lipinski definition) is 2. The lowest BCUT2D eigenvalue weighted by Crippen LogP contribution is -2.38. The minimum absolute atomic E-state index is 0. The molecule has 24 heavy (non-hydrogen) atoms. The molecule has 0 spiro atoms. The Morgan fingerprint density at radius 3 is 2.62 bits per heavy atom. The molecule has 1 aliphatic carbocycles. The fourth-order valence-electron chi connectivity index (χ4n) is 3.35. The van der Waals surface area contributed by atoms with Crippen molar-refractivity contribution < 1.29 is 0 Å². The predicted molar refractivity (Wildman–Crippen MR) is 112 cm³/mol. The molecule has 1 atom stereocenters. The van der Waals surface area contributed by atoms with E-state index in [2.05, 4.69) is 51.7 Å². The molecule has 1 aliphatic heterocycles. The van der Waals surface area contributed by atoms with E-state index in [0.29, 0.717) is 6.04 Å². The van der Waals surface area contributed by atoms with E-state index in [9.17, 15) is 0 Å². The summed E-state index contributed by atoms with van der Waals surface area (Å²) in [6.07, 6.45) is 5.25. The van der Waals surface area contributed by atoms with Crippen LogP contribution >= 0.6 is 24.0 Å². The quantitative estimate of drug-likeness (QED) is 0.418. The fraction of sp³-hybridized carbons (Fsp3) is 0.632. The average molecular weight is 442 g/mol. The summed E-state index contributed by atoms with van der Waals surface area (Å²) >= 11 is 0. The number of halogens is 1. The summed E-state index contributed by atoms with van der Waals surface area (Å²) in [6.45, 7) is 6.74. The molecule has 3 rings (SSSR count). The van der Waals surface area contributed by atoms with Crippen molar-refractivity contribution in [3.8, 4) is 0 Å². The number of aliphatic imine (C=N–C) groups is 1. The molecule has 1 aromatic rings. The van der Waals surface area contributed by atoms with Crippen molar-refractivity contribution in [3.05, 3.63) is 35.4 Å². The van der Waals surface area contributed by atoms with E-state index in [1.54, 1.807) is 0 Å². The van der Waals surface area contributed by atoms with Crippen LogP contribution in [0.25, 0.3) is 0 Å². The lowest BCUT2D eigenvalue weighted by Gasteiger charge is -2.31. The van der Waals surface area contributed by atoms with Gasteiger partial charge in [0.05, 0.1) is 0 Å². The van der Waals surface area contributed by atoms with Gasteiger partial charge in [0.15, 0.2) is 5.96 Å². The number of likely N-dealkylation sites (tertiary alicyclic amines) is 1. The Morgan fingerprint density at radius 2 is 1.96 bits per heavy atom. The minimum Gasteiger partial charge on any atom is -0.354 e. The molecular formula is C19H31IN4. The van der Waals surface area contributed by atoms with Crippen molar-refractivity contribution >= 4 is 29.9 Å². The first-order chi connectivity index (χ1) is 11.2. The molecule has 1 unspecified atom stereocenters. The third kappa shape index (κ3) is 5.92. The lowest BCUT2D eigenvalue weighted by molar-refractivity contribution is 0.176. The number of rotatable bonds is 5. The van der Waals surface area contributed by atoms with E-state index in [1.165, 1.54) is 49.9 Å². The van der Waals surface area contributed by atoms with Crippen LogP contribution in [0.5, 0.6) is 0 Å². The van der Waals surface area contributed by atoms with Crippen LogP contribution in [0.1, 0.15) is 43.7 Å². The van der Waals surface area contributed by atoms with Gasteiger partial charge in [0, 0.05) is 32.7 Å². The Hall–Kier alpha value is -0.820. The molecule has 134 valence electrons. The Kier molecular flexibility index (Phi) is 7.81. The Labute approximate surface area is 163 Å². The number of hydrogen-bond donors (Lipinski definition) is 2. The molecule has 0 amide bonds. The van der Waals surface area contributed by atoms with Crippen molar-refractivity contribution in [2.45, 2.75) is 51.7 Å². The Bertz CT molecular complexity index is 542. The van der Waals surface area contributed by atoms with E-state index in [4.69, 9.17) is 0 Å². The molecule has 0 radical (unpaired) electrons. The SMILES string of the molecule is CN=C(NCc1ccccc1CN1CCCC(C)C1)NC1CC1.I. The molecule has 1 saturated carbocycles. The molecule has 0 aromatic heterocycles. The van der Waals surface area contributed by atoms with Crippen LogP contribution in [0, 0.1) is 5.92 Å². The smallest absolute Gasteiger partial charge is 0.191 e.